The van der Waals surface area contributed by atoms with Gasteiger partial charge in [-0.15, -0.1) is 0 Å². The van der Waals surface area contributed by atoms with Crippen molar-refractivity contribution in [3.05, 3.63) is 143 Å². The maximum Gasteiger partial charge on any atom is 0.310 e. The first kappa shape index (κ1) is 67.4. The predicted molar refractivity (Wildman–Crippen MR) is 309 cm³/mol. The van der Waals surface area contributed by atoms with Gasteiger partial charge in [-0.1, -0.05) is 82.9 Å². The van der Waals surface area contributed by atoms with E-state index in [1.807, 2.05) is 46.8 Å². The lowest BCUT2D eigenvalue weighted by Gasteiger charge is -2.30. The lowest BCUT2D eigenvalue weighted by atomic mass is 10.0. The van der Waals surface area contributed by atoms with Gasteiger partial charge in [-0.3, -0.25) is 14.4 Å². The number of esters is 2. The van der Waals surface area contributed by atoms with Crippen LogP contribution in [0.25, 0.3) is 0 Å². The monoisotopic (exact) mass is 1200 g/mol. The van der Waals surface area contributed by atoms with Crippen molar-refractivity contribution >= 4 is 67.5 Å². The molecule has 2 fully saturated rings. The number of rotatable bonds is 13. The van der Waals surface area contributed by atoms with Crippen LogP contribution in [0.15, 0.2) is 140 Å². The molecule has 18 nitrogen and oxygen atoms in total. The molecular formula is C57H77ClN4O14S4. The minimum absolute atomic E-state index is 0.0419. The number of hydrogen-bond acceptors (Lipinski definition) is 15. The van der Waals surface area contributed by atoms with E-state index in [0.29, 0.717) is 69.0 Å². The minimum atomic E-state index is -3.55. The van der Waals surface area contributed by atoms with Gasteiger partial charge in [0.05, 0.1) is 51.2 Å². The second kappa shape index (κ2) is 31.9. The van der Waals surface area contributed by atoms with Gasteiger partial charge in [-0.2, -0.15) is 12.9 Å². The second-order valence-electron chi connectivity index (χ2n) is 19.5. The van der Waals surface area contributed by atoms with Gasteiger partial charge in [0.15, 0.2) is 5.78 Å². The second-order valence-corrected chi connectivity index (χ2v) is 27.9. The summed E-state index contributed by atoms with van der Waals surface area (Å²) in [5.41, 5.74) is 5.40. The summed E-state index contributed by atoms with van der Waals surface area (Å²) >= 11 is 0. The fourth-order valence-corrected chi connectivity index (χ4v) is 13.7. The summed E-state index contributed by atoms with van der Waals surface area (Å²) in [6.07, 6.45) is 8.38. The van der Waals surface area contributed by atoms with Crippen LogP contribution in [0, 0.1) is 39.5 Å². The van der Waals surface area contributed by atoms with Gasteiger partial charge in [-0.05, 0) is 148 Å². The van der Waals surface area contributed by atoms with Crippen molar-refractivity contribution < 1.29 is 62.6 Å². The summed E-state index contributed by atoms with van der Waals surface area (Å²) < 4.78 is 110. The van der Waals surface area contributed by atoms with Crippen molar-refractivity contribution in [2.75, 3.05) is 72.2 Å². The van der Waals surface area contributed by atoms with E-state index in [0.717, 1.165) is 53.8 Å². The van der Waals surface area contributed by atoms with Crippen molar-refractivity contribution in [1.29, 1.82) is 0 Å². The first-order valence-corrected chi connectivity index (χ1v) is 33.1. The van der Waals surface area contributed by atoms with Crippen LogP contribution in [-0.4, -0.2) is 142 Å². The van der Waals surface area contributed by atoms with Crippen LogP contribution >= 0.6 is 10.7 Å². The normalized spacial score (nSPS) is 18.3. The van der Waals surface area contributed by atoms with Gasteiger partial charge in [0.2, 0.25) is 30.1 Å². The SMILES string of the molecule is CC(=O)C1=CCCN(S(=O)(=O)c2ccc(C)cc2)C1.CCOC(=O)C1CCCN(S(=O)(=O)c2ccc(C)cc2)C1.CCOC(=O)C1CCCNC1.Cc1ccc(S(=O)(=O)Cl)cc1.Cc1ccc(S(=O)(=O)N2CCC=C(CO)C2)cc1. The number of carbonyl (C=O) groups excluding carboxylic acids is 3. The lowest BCUT2D eigenvalue weighted by Crippen LogP contribution is -2.42. The molecule has 0 bridgehead atoms. The molecule has 2 unspecified atom stereocenters. The standard InChI is InChI=1S/C15H21NO4S.C14H17NO3S.C13H17NO3S.C8H15NO2.C7H7ClO2S/c1-3-20-15(17)13-5-4-10-16(11-13)21(18,19)14-8-6-12(2)7-9-14;1-11-5-7-14(8-6-11)19(17,18)15-9-3-4-13(10-15)12(2)16;1-11-4-6-13(7-5-11)18(16,17)14-8-2-3-12(9-14)10-15;1-2-11-8(10)7-4-3-5-9-6-7;1-6-2-4-7(5-3-6)11(8,9)10/h6-9,13H,3-5,10-11H2,1-2H3;4-8H,3,9-10H2,1-2H3;3-7,15H,2,8-10H2,1H3;7,9H,2-6H2,1H3;2-5H,1H3. The number of halogens is 1. The molecule has 0 saturated carbocycles. The number of Topliss-reactive ketones (excluding diaryl/α,β-unsaturated/α-hetero) is 1. The molecule has 8 rings (SSSR count). The molecule has 4 heterocycles. The number of benzene rings is 4. The first-order chi connectivity index (χ1) is 37.7. The summed E-state index contributed by atoms with van der Waals surface area (Å²) in [7, 11) is -8.94. The smallest absolute Gasteiger partial charge is 0.310 e. The highest BCUT2D eigenvalue weighted by atomic mass is 35.7. The summed E-state index contributed by atoms with van der Waals surface area (Å²) in [6.45, 7) is 17.2. The third kappa shape index (κ3) is 20.7. The zero-order valence-electron chi connectivity index (χ0n) is 46.7. The number of ketones is 1. The number of ether oxygens (including phenoxy) is 2. The summed E-state index contributed by atoms with van der Waals surface area (Å²) in [4.78, 5) is 35.3. The Morgan fingerprint density at radius 2 is 0.963 bits per heavy atom. The van der Waals surface area contributed by atoms with Crippen molar-refractivity contribution in [3.63, 3.8) is 0 Å². The Labute approximate surface area is 478 Å². The number of piperidine rings is 2. The predicted octanol–water partition coefficient (Wildman–Crippen LogP) is 7.64. The van der Waals surface area contributed by atoms with Crippen molar-refractivity contribution in [2.45, 2.75) is 107 Å². The number of hydrogen-bond donors (Lipinski definition) is 2. The molecule has 4 aromatic rings. The zero-order valence-corrected chi connectivity index (χ0v) is 50.7. The van der Waals surface area contributed by atoms with E-state index in [1.54, 1.807) is 91.9 Å². The van der Waals surface area contributed by atoms with Gasteiger partial charge < -0.3 is 19.9 Å². The molecule has 2 N–H and O–H groups in total. The molecule has 2 saturated heterocycles. The van der Waals surface area contributed by atoms with Crippen LogP contribution in [0.5, 0.6) is 0 Å². The van der Waals surface area contributed by atoms with E-state index in [2.05, 4.69) is 5.32 Å². The zero-order chi connectivity index (χ0) is 59.3. The molecule has 2 atom stereocenters. The van der Waals surface area contributed by atoms with Crippen LogP contribution in [0.2, 0.25) is 0 Å². The molecule has 80 heavy (non-hydrogen) atoms. The summed E-state index contributed by atoms with van der Waals surface area (Å²) in [6, 6.07) is 26.8. The van der Waals surface area contributed by atoms with Crippen LogP contribution in [0.1, 0.15) is 81.5 Å². The average molecular weight is 1210 g/mol. The topological polar surface area (TPSA) is 248 Å². The van der Waals surface area contributed by atoms with E-state index < -0.39 is 39.1 Å². The number of nitrogens with zero attached hydrogens (tertiary/aromatic N) is 3. The maximum atomic E-state index is 12.6. The quantitative estimate of drug-likeness (QED) is 0.0742. The lowest BCUT2D eigenvalue weighted by molar-refractivity contribution is -0.149. The Balaban J connectivity index is 0.000000220. The highest BCUT2D eigenvalue weighted by Crippen LogP contribution is 2.26. The third-order valence-electron chi connectivity index (χ3n) is 13.2. The fourth-order valence-electron chi connectivity index (χ4n) is 8.48. The van der Waals surface area contributed by atoms with Crippen LogP contribution < -0.4 is 5.32 Å². The fraction of sp³-hybridized carbons (Fsp3) is 0.456. The number of aliphatic hydroxyl groups is 1. The van der Waals surface area contributed by atoms with Crippen molar-refractivity contribution in [2.24, 2.45) is 11.8 Å². The Bertz CT molecular complexity index is 3190. The van der Waals surface area contributed by atoms with Gasteiger partial charge in [-0.25, -0.2) is 33.7 Å². The third-order valence-corrected chi connectivity index (χ3v) is 20.1. The van der Waals surface area contributed by atoms with Crippen molar-refractivity contribution in [1.82, 2.24) is 18.2 Å². The molecule has 0 aromatic heterocycles. The van der Waals surface area contributed by atoms with E-state index >= 15 is 0 Å². The largest absolute Gasteiger partial charge is 0.466 e. The first-order valence-electron chi connectivity index (χ1n) is 26.5. The molecule has 0 radical (unpaired) electrons. The Morgan fingerprint density at radius 1 is 0.562 bits per heavy atom. The van der Waals surface area contributed by atoms with E-state index in [-0.39, 0.29) is 70.5 Å². The molecule has 0 amide bonds. The number of aliphatic hydroxyl groups excluding tert-OH is 1. The highest BCUT2D eigenvalue weighted by molar-refractivity contribution is 8.13. The average Bonchev–Trinajstić information content (AvgIpc) is 3.48. The molecular weight excluding hydrogens is 1130 g/mol. The van der Waals surface area contributed by atoms with Crippen LogP contribution in [0.4, 0.5) is 0 Å². The van der Waals surface area contributed by atoms with Gasteiger partial charge in [0.25, 0.3) is 9.05 Å². The Hall–Kier alpha value is -5.14. The van der Waals surface area contributed by atoms with Gasteiger partial charge in [0, 0.05) is 62.1 Å². The number of aryl methyl sites for hydroxylation is 4. The Morgan fingerprint density at radius 3 is 1.36 bits per heavy atom. The molecule has 440 valence electrons. The molecule has 23 heteroatoms. The van der Waals surface area contributed by atoms with E-state index in [4.69, 9.17) is 25.3 Å². The molecule has 0 aliphatic carbocycles. The molecule has 4 aromatic carbocycles. The van der Waals surface area contributed by atoms with Gasteiger partial charge >= 0.3 is 11.9 Å². The summed E-state index contributed by atoms with van der Waals surface area (Å²) in [5.74, 6) is -0.674. The number of sulfonamides is 3. The highest BCUT2D eigenvalue weighted by Gasteiger charge is 2.34. The van der Waals surface area contributed by atoms with Crippen molar-refractivity contribution in [3.8, 4) is 0 Å². The Kier molecular flexibility index (Phi) is 26.9. The maximum absolute atomic E-state index is 12.6. The van der Waals surface area contributed by atoms with Gasteiger partial charge in [0.1, 0.15) is 0 Å². The number of carbonyl (C=O) groups is 3. The number of nitrogens with one attached hydrogen (secondary N) is 1. The summed E-state index contributed by atoms with van der Waals surface area (Å²) in [5, 5.41) is 12.3. The van der Waals surface area contributed by atoms with Crippen LogP contribution in [-0.2, 0) is 63.0 Å². The van der Waals surface area contributed by atoms with Crippen LogP contribution in [0.3, 0.4) is 0 Å². The van der Waals surface area contributed by atoms with E-state index in [9.17, 15) is 48.1 Å². The minimum Gasteiger partial charge on any atom is -0.466 e. The molecule has 0 spiro atoms. The van der Waals surface area contributed by atoms with E-state index in [1.165, 1.54) is 32.0 Å². The molecule has 4 aliphatic rings. The molecule has 4 aliphatic heterocycles.